The van der Waals surface area contributed by atoms with E-state index in [0.717, 1.165) is 30.9 Å². The van der Waals surface area contributed by atoms with Gasteiger partial charge in [-0.05, 0) is 75.7 Å². The van der Waals surface area contributed by atoms with E-state index < -0.39 is 6.10 Å². The molecule has 0 aliphatic carbocycles. The molecule has 1 aromatic carbocycles. The minimum atomic E-state index is -0.535. The molecule has 3 atom stereocenters. The van der Waals surface area contributed by atoms with Crippen molar-refractivity contribution >= 4 is 25.3 Å². The van der Waals surface area contributed by atoms with Crippen LogP contribution in [0.15, 0.2) is 12.1 Å². The molecule has 0 saturated carbocycles. The first-order valence-corrected chi connectivity index (χ1v) is 11.0. The van der Waals surface area contributed by atoms with Crippen LogP contribution in [0.4, 0.5) is 0 Å². The molecule has 0 aromatic heterocycles. The maximum atomic E-state index is 10.6. The summed E-state index contributed by atoms with van der Waals surface area (Å²) < 4.78 is 6.16. The van der Waals surface area contributed by atoms with E-state index in [-0.39, 0.29) is 22.4 Å². The van der Waals surface area contributed by atoms with Gasteiger partial charge in [-0.1, -0.05) is 0 Å². The lowest BCUT2D eigenvalue weighted by Gasteiger charge is -2.37. The zero-order valence-electron chi connectivity index (χ0n) is 17.1. The number of fused-ring (bicyclic) bond motifs is 2. The maximum absolute atomic E-state index is 10.6. The zero-order valence-corrected chi connectivity index (χ0v) is 18.9. The third-order valence-corrected chi connectivity index (χ3v) is 7.22. The molecule has 2 aliphatic rings. The number of aliphatic hydroxyl groups excluding tert-OH is 1. The molecule has 2 aliphatic heterocycles. The van der Waals surface area contributed by atoms with Gasteiger partial charge in [0.2, 0.25) is 0 Å². The van der Waals surface area contributed by atoms with Crippen molar-refractivity contribution < 1.29 is 9.84 Å². The number of nitrogens with one attached hydrogen (secondary N) is 1. The Morgan fingerprint density at radius 1 is 1.22 bits per heavy atom. The number of rotatable bonds is 7. The molecule has 0 spiro atoms. The quantitative estimate of drug-likeness (QED) is 0.522. The van der Waals surface area contributed by atoms with Gasteiger partial charge in [-0.2, -0.15) is 25.3 Å². The molecular weight excluding hydrogens is 376 g/mol. The average molecular weight is 411 g/mol. The molecule has 4 nitrogen and oxygen atoms in total. The van der Waals surface area contributed by atoms with E-state index in [4.69, 9.17) is 4.74 Å². The number of thiol groups is 2. The molecule has 152 valence electrons. The highest BCUT2D eigenvalue weighted by Gasteiger charge is 2.48. The van der Waals surface area contributed by atoms with Gasteiger partial charge in [-0.3, -0.25) is 4.90 Å². The summed E-state index contributed by atoms with van der Waals surface area (Å²) in [4.78, 5) is 2.43. The Morgan fingerprint density at radius 2 is 1.85 bits per heavy atom. The molecule has 0 saturated heterocycles. The van der Waals surface area contributed by atoms with Crippen LogP contribution in [0.5, 0.6) is 5.75 Å². The minimum absolute atomic E-state index is 0.0132. The summed E-state index contributed by atoms with van der Waals surface area (Å²) in [6.07, 6.45) is 0.980. The van der Waals surface area contributed by atoms with Crippen molar-refractivity contribution in [1.82, 2.24) is 10.2 Å². The predicted octanol–water partition coefficient (Wildman–Crippen LogP) is 2.97. The van der Waals surface area contributed by atoms with Gasteiger partial charge in [-0.25, -0.2) is 0 Å². The second kappa shape index (κ2) is 7.79. The highest BCUT2D eigenvalue weighted by molar-refractivity contribution is 7.81. The molecule has 6 heteroatoms. The van der Waals surface area contributed by atoms with Crippen molar-refractivity contribution in [3.05, 3.63) is 28.8 Å². The molecule has 0 radical (unpaired) electrons. The second-order valence-corrected chi connectivity index (χ2v) is 10.1. The van der Waals surface area contributed by atoms with Gasteiger partial charge in [0.25, 0.3) is 0 Å². The number of nitrogens with zero attached hydrogens (tertiary/aromatic N) is 1. The van der Waals surface area contributed by atoms with Gasteiger partial charge < -0.3 is 15.2 Å². The van der Waals surface area contributed by atoms with Gasteiger partial charge in [0.05, 0.1) is 0 Å². The summed E-state index contributed by atoms with van der Waals surface area (Å²) >= 11 is 8.75. The van der Waals surface area contributed by atoms with Gasteiger partial charge >= 0.3 is 0 Å². The van der Waals surface area contributed by atoms with E-state index in [1.165, 1.54) is 16.7 Å². The summed E-state index contributed by atoms with van der Waals surface area (Å²) in [6, 6.07) is 4.50. The number of hydrogen-bond acceptors (Lipinski definition) is 6. The number of aliphatic hydroxyl groups is 1. The van der Waals surface area contributed by atoms with Crippen molar-refractivity contribution in [1.29, 1.82) is 0 Å². The number of ether oxygens (including phenoxy) is 1. The van der Waals surface area contributed by atoms with E-state index in [1.807, 2.05) is 0 Å². The third-order valence-electron chi connectivity index (χ3n) is 6.52. The van der Waals surface area contributed by atoms with Crippen LogP contribution in [0.1, 0.15) is 50.8 Å². The van der Waals surface area contributed by atoms with Crippen molar-refractivity contribution in [3.63, 3.8) is 0 Å². The molecule has 27 heavy (non-hydrogen) atoms. The summed E-state index contributed by atoms with van der Waals surface area (Å²) in [7, 11) is 2.19. The predicted molar refractivity (Wildman–Crippen MR) is 118 cm³/mol. The highest BCUT2D eigenvalue weighted by Crippen LogP contribution is 2.51. The van der Waals surface area contributed by atoms with Crippen molar-refractivity contribution in [3.8, 4) is 5.75 Å². The van der Waals surface area contributed by atoms with E-state index in [1.54, 1.807) is 0 Å². The van der Waals surface area contributed by atoms with Gasteiger partial charge in [-0.15, -0.1) is 0 Å². The largest absolute Gasteiger partial charge is 0.487 e. The van der Waals surface area contributed by atoms with Gasteiger partial charge in [0, 0.05) is 35.8 Å². The summed E-state index contributed by atoms with van der Waals surface area (Å²) in [6.45, 7) is 10.4. The molecule has 3 rings (SSSR count). The standard InChI is InChI=1S/C21H34N2O2S2/c1-20(2)15-8-13-9-19(17(24)12-22-11-14(27)6-7-26)25-18(13)10-16(15)21(3,4)23(20)5/h8,10,14,17,19,22,24,26-27H,6-7,9,11-12H2,1-5H3. The topological polar surface area (TPSA) is 44.7 Å². The number of benzene rings is 1. The van der Waals surface area contributed by atoms with Crippen molar-refractivity contribution in [2.75, 3.05) is 25.9 Å². The lowest BCUT2D eigenvalue weighted by Crippen LogP contribution is -2.42. The summed E-state index contributed by atoms with van der Waals surface area (Å²) in [5, 5.41) is 14.2. The first-order chi connectivity index (χ1) is 12.6. The minimum Gasteiger partial charge on any atom is -0.487 e. The first kappa shape index (κ1) is 21.3. The Bertz CT molecular complexity index is 648. The average Bonchev–Trinajstić information content (AvgIpc) is 3.07. The highest BCUT2D eigenvalue weighted by atomic mass is 32.1. The fourth-order valence-corrected chi connectivity index (χ4v) is 5.16. The molecule has 1 aromatic rings. The fraction of sp³-hybridized carbons (Fsp3) is 0.714. The van der Waals surface area contributed by atoms with Crippen LogP contribution in [-0.4, -0.2) is 53.4 Å². The molecule has 0 bridgehead atoms. The monoisotopic (exact) mass is 410 g/mol. The van der Waals surface area contributed by atoms with E-state index >= 15 is 0 Å². The summed E-state index contributed by atoms with van der Waals surface area (Å²) in [5.41, 5.74) is 3.85. The van der Waals surface area contributed by atoms with Crippen LogP contribution < -0.4 is 10.1 Å². The molecule has 2 N–H and O–H groups in total. The molecule has 0 amide bonds. The molecular formula is C21H34N2O2S2. The van der Waals surface area contributed by atoms with Crippen LogP contribution in [0, 0.1) is 0 Å². The van der Waals surface area contributed by atoms with Gasteiger partial charge in [0.1, 0.15) is 18.0 Å². The second-order valence-electron chi connectivity index (χ2n) is 8.93. The Morgan fingerprint density at radius 3 is 2.48 bits per heavy atom. The lowest BCUT2D eigenvalue weighted by molar-refractivity contribution is 0.0497. The van der Waals surface area contributed by atoms with Crippen LogP contribution >= 0.6 is 25.3 Å². The van der Waals surface area contributed by atoms with E-state index in [9.17, 15) is 5.11 Å². The smallest absolute Gasteiger partial charge is 0.130 e. The lowest BCUT2D eigenvalue weighted by atomic mass is 9.88. The Hall–Kier alpha value is -0.400. The first-order valence-electron chi connectivity index (χ1n) is 9.85. The zero-order chi connectivity index (χ0) is 20.0. The van der Waals surface area contributed by atoms with Crippen LogP contribution in [-0.2, 0) is 17.5 Å². The molecule has 2 heterocycles. The van der Waals surface area contributed by atoms with E-state index in [0.29, 0.717) is 6.54 Å². The van der Waals surface area contributed by atoms with Crippen LogP contribution in [0.2, 0.25) is 0 Å². The Labute approximate surface area is 174 Å². The van der Waals surface area contributed by atoms with Crippen molar-refractivity contribution in [2.24, 2.45) is 0 Å². The normalized spacial score (nSPS) is 25.0. The SMILES string of the molecule is CN1C(C)(C)c2cc3c(cc2C1(C)C)OC(C(O)CNCC(S)CCS)C3. The fourth-order valence-electron chi connectivity index (χ4n) is 4.38. The van der Waals surface area contributed by atoms with E-state index in [2.05, 4.69) is 82.3 Å². The third kappa shape index (κ3) is 3.88. The van der Waals surface area contributed by atoms with Crippen molar-refractivity contribution in [2.45, 2.75) is 69.1 Å². The summed E-state index contributed by atoms with van der Waals surface area (Å²) in [5.74, 6) is 1.76. The van der Waals surface area contributed by atoms with Crippen LogP contribution in [0.3, 0.4) is 0 Å². The Balaban J connectivity index is 1.68. The van der Waals surface area contributed by atoms with Crippen LogP contribution in [0.25, 0.3) is 0 Å². The van der Waals surface area contributed by atoms with Gasteiger partial charge in [0.15, 0.2) is 0 Å². The Kier molecular flexibility index (Phi) is 6.15. The molecule has 0 fully saturated rings. The maximum Gasteiger partial charge on any atom is 0.130 e. The molecule has 3 unspecified atom stereocenters. The number of hydrogen-bond donors (Lipinski definition) is 4.